The van der Waals surface area contributed by atoms with Gasteiger partial charge in [0.05, 0.1) is 18.9 Å². The maximum Gasteiger partial charge on any atom is 0.341 e. The van der Waals surface area contributed by atoms with Crippen molar-refractivity contribution < 1.29 is 19.0 Å². The topological polar surface area (TPSA) is 70.8 Å². The van der Waals surface area contributed by atoms with Gasteiger partial charge in [-0.05, 0) is 41.4 Å². The first-order valence-electron chi connectivity index (χ1n) is 6.57. The number of benzene rings is 1. The Bertz CT molecular complexity index is 451. The predicted molar refractivity (Wildman–Crippen MR) is 81.1 cm³/mol. The van der Waals surface area contributed by atoms with E-state index in [-0.39, 0.29) is 5.69 Å². The van der Waals surface area contributed by atoms with Gasteiger partial charge in [0.2, 0.25) is 0 Å². The summed E-state index contributed by atoms with van der Waals surface area (Å²) in [6.07, 6.45) is 0.758. The number of hydrogen-bond donors (Lipinski definition) is 1. The second kappa shape index (κ2) is 8.81. The number of esters is 1. The van der Waals surface area contributed by atoms with E-state index in [1.807, 2.05) is 13.8 Å². The molecule has 20 heavy (non-hydrogen) atoms. The van der Waals surface area contributed by atoms with Gasteiger partial charge in [0, 0.05) is 11.1 Å². The van der Waals surface area contributed by atoms with Crippen molar-refractivity contribution in [1.82, 2.24) is 0 Å². The van der Waals surface area contributed by atoms with Crippen LogP contribution >= 0.6 is 15.9 Å². The summed E-state index contributed by atoms with van der Waals surface area (Å²) < 4.78 is 16.4. The summed E-state index contributed by atoms with van der Waals surface area (Å²) in [6.45, 7) is 5.69. The van der Waals surface area contributed by atoms with Gasteiger partial charge < -0.3 is 19.9 Å². The monoisotopic (exact) mass is 345 g/mol. The van der Waals surface area contributed by atoms with Crippen LogP contribution in [0.2, 0.25) is 0 Å². The lowest BCUT2D eigenvalue weighted by Crippen LogP contribution is -2.12. The van der Waals surface area contributed by atoms with Crippen LogP contribution in [0.15, 0.2) is 16.6 Å². The third-order valence-corrected chi connectivity index (χ3v) is 3.15. The molecule has 2 N–H and O–H groups in total. The Labute approximate surface area is 127 Å². The summed E-state index contributed by atoms with van der Waals surface area (Å²) in [6, 6.07) is 3.43. The van der Waals surface area contributed by atoms with Gasteiger partial charge in [-0.2, -0.15) is 0 Å². The Morgan fingerprint density at radius 3 is 2.65 bits per heavy atom. The predicted octanol–water partition coefficient (Wildman–Crippen LogP) is 3.01. The molecule has 0 fully saturated rings. The number of rotatable bonds is 8. The summed E-state index contributed by atoms with van der Waals surface area (Å²) in [5, 5.41) is 0. The number of nitrogen functional groups attached to an aromatic ring is 1. The molecule has 0 bridgehead atoms. The van der Waals surface area contributed by atoms with E-state index < -0.39 is 5.97 Å². The van der Waals surface area contributed by atoms with Gasteiger partial charge >= 0.3 is 5.97 Å². The van der Waals surface area contributed by atoms with Gasteiger partial charge in [-0.1, -0.05) is 6.92 Å². The lowest BCUT2D eigenvalue weighted by atomic mass is 10.1. The highest BCUT2D eigenvalue weighted by atomic mass is 79.9. The van der Waals surface area contributed by atoms with Crippen molar-refractivity contribution in [3.8, 4) is 5.75 Å². The van der Waals surface area contributed by atoms with Crippen LogP contribution in [0.1, 0.15) is 30.6 Å². The Balaban J connectivity index is 2.81. The van der Waals surface area contributed by atoms with Gasteiger partial charge in [-0.3, -0.25) is 0 Å². The van der Waals surface area contributed by atoms with Crippen molar-refractivity contribution in [3.05, 3.63) is 22.2 Å². The molecule has 0 aliphatic carbocycles. The second-order valence-corrected chi connectivity index (χ2v) is 4.87. The fraction of sp³-hybridized carbons (Fsp3) is 0.500. The molecular formula is C14H20BrNO4. The van der Waals surface area contributed by atoms with Gasteiger partial charge in [0.1, 0.15) is 17.9 Å². The van der Waals surface area contributed by atoms with E-state index in [0.717, 1.165) is 6.42 Å². The minimum atomic E-state index is -0.452. The zero-order chi connectivity index (χ0) is 15.0. The van der Waals surface area contributed by atoms with E-state index in [2.05, 4.69) is 15.9 Å². The molecule has 0 unspecified atom stereocenters. The molecule has 0 spiro atoms. The Kier molecular flexibility index (Phi) is 7.40. The molecule has 0 atom stereocenters. The van der Waals surface area contributed by atoms with E-state index in [1.165, 1.54) is 0 Å². The Hall–Kier alpha value is -1.27. The summed E-state index contributed by atoms with van der Waals surface area (Å²) in [4.78, 5) is 12.0. The molecule has 112 valence electrons. The van der Waals surface area contributed by atoms with Crippen LogP contribution in [0.25, 0.3) is 0 Å². The highest BCUT2D eigenvalue weighted by Gasteiger charge is 2.18. The average molecular weight is 346 g/mol. The molecule has 6 heteroatoms. The van der Waals surface area contributed by atoms with E-state index in [0.29, 0.717) is 42.2 Å². The number of carbonyl (C=O) groups excluding carboxylic acids is 1. The van der Waals surface area contributed by atoms with Crippen molar-refractivity contribution in [2.45, 2.75) is 20.3 Å². The third kappa shape index (κ3) is 4.68. The molecule has 1 aromatic rings. The molecule has 0 saturated heterocycles. The number of anilines is 1. The molecular weight excluding hydrogens is 326 g/mol. The zero-order valence-corrected chi connectivity index (χ0v) is 13.4. The maximum absolute atomic E-state index is 12.0. The molecule has 0 aliphatic rings. The van der Waals surface area contributed by atoms with Crippen LogP contribution in [0.3, 0.4) is 0 Å². The first-order valence-corrected chi connectivity index (χ1v) is 7.36. The highest BCUT2D eigenvalue weighted by molar-refractivity contribution is 9.10. The van der Waals surface area contributed by atoms with Crippen LogP contribution in [0, 0.1) is 0 Å². The second-order valence-electron chi connectivity index (χ2n) is 4.02. The molecule has 1 aromatic carbocycles. The lowest BCUT2D eigenvalue weighted by Gasteiger charge is -2.13. The first-order chi connectivity index (χ1) is 9.61. The van der Waals surface area contributed by atoms with Gasteiger partial charge in [0.15, 0.2) is 0 Å². The van der Waals surface area contributed by atoms with Crippen LogP contribution in [-0.2, 0) is 9.47 Å². The van der Waals surface area contributed by atoms with Gasteiger partial charge in [0.25, 0.3) is 0 Å². The highest BCUT2D eigenvalue weighted by Crippen LogP contribution is 2.32. The first kappa shape index (κ1) is 16.8. The minimum Gasteiger partial charge on any atom is -0.489 e. The van der Waals surface area contributed by atoms with Gasteiger partial charge in [-0.15, -0.1) is 0 Å². The molecule has 0 aliphatic heterocycles. The maximum atomic E-state index is 12.0. The smallest absolute Gasteiger partial charge is 0.341 e. The average Bonchev–Trinajstić information content (AvgIpc) is 2.43. The van der Waals surface area contributed by atoms with Crippen molar-refractivity contribution >= 4 is 27.6 Å². The quantitative estimate of drug-likeness (QED) is 0.445. The molecule has 0 saturated carbocycles. The third-order valence-electron chi connectivity index (χ3n) is 2.49. The van der Waals surface area contributed by atoms with E-state index in [4.69, 9.17) is 19.9 Å². The van der Waals surface area contributed by atoms with E-state index in [1.54, 1.807) is 12.1 Å². The van der Waals surface area contributed by atoms with Crippen molar-refractivity contribution in [3.63, 3.8) is 0 Å². The zero-order valence-electron chi connectivity index (χ0n) is 11.8. The fourth-order valence-electron chi connectivity index (χ4n) is 1.53. The molecule has 0 radical (unpaired) electrons. The Morgan fingerprint density at radius 1 is 1.25 bits per heavy atom. The molecule has 0 aromatic heterocycles. The van der Waals surface area contributed by atoms with Crippen molar-refractivity contribution in [2.75, 3.05) is 32.2 Å². The lowest BCUT2D eigenvalue weighted by molar-refractivity contribution is 0.0504. The summed E-state index contributed by atoms with van der Waals surface area (Å²) in [5.74, 6) is 0.00262. The summed E-state index contributed by atoms with van der Waals surface area (Å²) in [5.41, 5.74) is 6.55. The van der Waals surface area contributed by atoms with E-state index >= 15 is 0 Å². The largest absolute Gasteiger partial charge is 0.489 e. The SMILES string of the molecule is CCCOC(=O)c1c(Br)ccc(OCCOCC)c1N. The summed E-state index contributed by atoms with van der Waals surface area (Å²) >= 11 is 3.31. The normalized spacial score (nSPS) is 10.3. The van der Waals surface area contributed by atoms with Crippen LogP contribution in [0.5, 0.6) is 5.75 Å². The summed E-state index contributed by atoms with van der Waals surface area (Å²) in [7, 11) is 0. The number of carbonyl (C=O) groups is 1. The number of halogens is 1. The molecule has 0 heterocycles. The molecule has 0 amide bonds. The van der Waals surface area contributed by atoms with E-state index in [9.17, 15) is 4.79 Å². The number of nitrogens with two attached hydrogens (primary N) is 1. The number of hydrogen-bond acceptors (Lipinski definition) is 5. The minimum absolute atomic E-state index is 0.275. The Morgan fingerprint density at radius 2 is 2.00 bits per heavy atom. The van der Waals surface area contributed by atoms with Gasteiger partial charge in [-0.25, -0.2) is 4.79 Å². The van der Waals surface area contributed by atoms with Crippen LogP contribution in [-0.4, -0.2) is 32.4 Å². The van der Waals surface area contributed by atoms with Crippen LogP contribution in [0.4, 0.5) is 5.69 Å². The fourth-order valence-corrected chi connectivity index (χ4v) is 2.04. The van der Waals surface area contributed by atoms with Crippen molar-refractivity contribution in [1.29, 1.82) is 0 Å². The number of ether oxygens (including phenoxy) is 3. The standard InChI is InChI=1S/C14H20BrNO4/c1-3-7-20-14(17)12-10(15)5-6-11(13(12)16)19-9-8-18-4-2/h5-6H,3-4,7-9,16H2,1-2H3. The molecule has 1 rings (SSSR count). The van der Waals surface area contributed by atoms with Crippen LogP contribution < -0.4 is 10.5 Å². The molecule has 5 nitrogen and oxygen atoms in total. The van der Waals surface area contributed by atoms with Crippen molar-refractivity contribution in [2.24, 2.45) is 0 Å².